The highest BCUT2D eigenvalue weighted by atomic mass is 14.9. The van der Waals surface area contributed by atoms with E-state index in [2.05, 4.69) is 33.0 Å². The zero-order chi connectivity index (χ0) is 14.8. The van der Waals surface area contributed by atoms with E-state index in [0.29, 0.717) is 5.41 Å². The average Bonchev–Trinajstić information content (AvgIpc) is 2.96. The van der Waals surface area contributed by atoms with E-state index in [1.807, 2.05) is 0 Å². The maximum Gasteiger partial charge on any atom is 0.0126 e. The van der Waals surface area contributed by atoms with Crippen LogP contribution in [0.1, 0.15) is 98.3 Å². The molecule has 0 aromatic rings. The van der Waals surface area contributed by atoms with Gasteiger partial charge >= 0.3 is 0 Å². The Bertz CT molecular complexity index is 230. The second-order valence-corrected chi connectivity index (χ2v) is 7.08. The van der Waals surface area contributed by atoms with Crippen LogP contribution in [0.25, 0.3) is 0 Å². The van der Waals surface area contributed by atoms with E-state index in [1.54, 1.807) is 0 Å². The Labute approximate surface area is 128 Å². The number of hydrogen-bond donors (Lipinski definition) is 1. The van der Waals surface area contributed by atoms with Gasteiger partial charge in [-0.1, -0.05) is 66.2 Å². The second kappa shape index (κ2) is 9.82. The van der Waals surface area contributed by atoms with Crippen LogP contribution in [0, 0.1) is 11.3 Å². The van der Waals surface area contributed by atoms with Crippen molar-refractivity contribution in [1.82, 2.24) is 5.32 Å². The molecular weight excluding hydrogens is 242 g/mol. The van der Waals surface area contributed by atoms with Crippen molar-refractivity contribution in [3.8, 4) is 0 Å². The van der Waals surface area contributed by atoms with Crippen molar-refractivity contribution in [2.75, 3.05) is 6.54 Å². The van der Waals surface area contributed by atoms with Gasteiger partial charge in [0, 0.05) is 6.04 Å². The fourth-order valence-corrected chi connectivity index (χ4v) is 4.21. The van der Waals surface area contributed by atoms with Crippen molar-refractivity contribution in [2.45, 2.75) is 104 Å². The molecule has 1 fully saturated rings. The summed E-state index contributed by atoms with van der Waals surface area (Å²) in [6, 6.07) is 0.775. The minimum Gasteiger partial charge on any atom is -0.313 e. The minimum atomic E-state index is 0.620. The van der Waals surface area contributed by atoms with Crippen LogP contribution in [-0.2, 0) is 0 Å². The third kappa shape index (κ3) is 5.06. The van der Waals surface area contributed by atoms with Crippen LogP contribution < -0.4 is 5.32 Å². The van der Waals surface area contributed by atoms with Gasteiger partial charge in [0.15, 0.2) is 0 Å². The third-order valence-corrected chi connectivity index (χ3v) is 5.80. The molecule has 1 aliphatic rings. The number of hydrogen-bond acceptors (Lipinski definition) is 1. The average molecular weight is 282 g/mol. The summed E-state index contributed by atoms with van der Waals surface area (Å²) in [6.45, 7) is 10.6. The van der Waals surface area contributed by atoms with Crippen LogP contribution in [0.2, 0.25) is 0 Å². The van der Waals surface area contributed by atoms with Crippen LogP contribution in [0.3, 0.4) is 0 Å². The smallest absolute Gasteiger partial charge is 0.0126 e. The number of unbranched alkanes of at least 4 members (excludes halogenated alkanes) is 1. The van der Waals surface area contributed by atoms with Crippen molar-refractivity contribution in [1.29, 1.82) is 0 Å². The first-order chi connectivity index (χ1) is 9.72. The van der Waals surface area contributed by atoms with E-state index in [1.165, 1.54) is 77.2 Å². The second-order valence-electron chi connectivity index (χ2n) is 7.08. The summed E-state index contributed by atoms with van der Waals surface area (Å²) in [5.41, 5.74) is 0.620. The van der Waals surface area contributed by atoms with Crippen LogP contribution >= 0.6 is 0 Å². The molecule has 0 aromatic carbocycles. The van der Waals surface area contributed by atoms with Crippen LogP contribution in [0.5, 0.6) is 0 Å². The monoisotopic (exact) mass is 281 g/mol. The first-order valence-electron chi connectivity index (χ1n) is 9.45. The van der Waals surface area contributed by atoms with E-state index in [0.717, 1.165) is 12.0 Å². The molecule has 2 atom stereocenters. The van der Waals surface area contributed by atoms with Gasteiger partial charge in [0.1, 0.15) is 0 Å². The van der Waals surface area contributed by atoms with Gasteiger partial charge in [0.2, 0.25) is 0 Å². The predicted molar refractivity (Wildman–Crippen MR) is 91.2 cm³/mol. The molecule has 20 heavy (non-hydrogen) atoms. The summed E-state index contributed by atoms with van der Waals surface area (Å²) < 4.78 is 0. The summed E-state index contributed by atoms with van der Waals surface area (Å²) in [6.07, 6.45) is 15.5. The SMILES string of the molecule is CCCCC(CC)CC(NCCC)C1(CC)CCCC1. The molecule has 1 aliphatic carbocycles. The molecule has 0 aromatic heterocycles. The molecule has 1 heteroatoms. The highest BCUT2D eigenvalue weighted by molar-refractivity contribution is 4.94. The molecule has 0 bridgehead atoms. The molecule has 1 rings (SSSR count). The van der Waals surface area contributed by atoms with E-state index in [-0.39, 0.29) is 0 Å². The van der Waals surface area contributed by atoms with Gasteiger partial charge in [0.05, 0.1) is 0 Å². The maximum atomic E-state index is 3.94. The van der Waals surface area contributed by atoms with Crippen LogP contribution in [0.4, 0.5) is 0 Å². The van der Waals surface area contributed by atoms with Crippen LogP contribution in [-0.4, -0.2) is 12.6 Å². The van der Waals surface area contributed by atoms with Crippen LogP contribution in [0.15, 0.2) is 0 Å². The zero-order valence-electron chi connectivity index (χ0n) is 14.6. The highest BCUT2D eigenvalue weighted by Gasteiger charge is 2.39. The predicted octanol–water partition coefficient (Wildman–Crippen LogP) is 5.93. The Kier molecular flexibility index (Phi) is 8.84. The van der Waals surface area contributed by atoms with Gasteiger partial charge in [-0.25, -0.2) is 0 Å². The first-order valence-corrected chi connectivity index (χ1v) is 9.45. The third-order valence-electron chi connectivity index (χ3n) is 5.80. The maximum absolute atomic E-state index is 3.94. The van der Waals surface area contributed by atoms with Crippen molar-refractivity contribution in [3.63, 3.8) is 0 Å². The lowest BCUT2D eigenvalue weighted by molar-refractivity contribution is 0.154. The molecule has 0 heterocycles. The standard InChI is InChI=1S/C19H39N/c1-5-9-12-17(7-3)16-18(20-15-6-2)19(8-4)13-10-11-14-19/h17-18,20H,5-16H2,1-4H3. The summed E-state index contributed by atoms with van der Waals surface area (Å²) in [5.74, 6) is 0.938. The summed E-state index contributed by atoms with van der Waals surface area (Å²) in [4.78, 5) is 0. The molecule has 0 spiro atoms. The van der Waals surface area contributed by atoms with E-state index >= 15 is 0 Å². The number of rotatable bonds is 11. The van der Waals surface area contributed by atoms with Gasteiger partial charge < -0.3 is 5.32 Å². The summed E-state index contributed by atoms with van der Waals surface area (Å²) in [7, 11) is 0. The van der Waals surface area contributed by atoms with Gasteiger partial charge in [-0.3, -0.25) is 0 Å². The van der Waals surface area contributed by atoms with Gasteiger partial charge in [0.25, 0.3) is 0 Å². The quantitative estimate of drug-likeness (QED) is 0.495. The molecule has 120 valence electrons. The molecule has 1 N–H and O–H groups in total. The van der Waals surface area contributed by atoms with Crippen molar-refractivity contribution >= 4 is 0 Å². The minimum absolute atomic E-state index is 0.620. The lowest BCUT2D eigenvalue weighted by Gasteiger charge is -2.39. The van der Waals surface area contributed by atoms with E-state index < -0.39 is 0 Å². The molecular formula is C19H39N. The summed E-state index contributed by atoms with van der Waals surface area (Å²) in [5, 5.41) is 3.94. The fourth-order valence-electron chi connectivity index (χ4n) is 4.21. The highest BCUT2D eigenvalue weighted by Crippen LogP contribution is 2.46. The largest absolute Gasteiger partial charge is 0.313 e. The molecule has 2 unspecified atom stereocenters. The molecule has 0 amide bonds. The lowest BCUT2D eigenvalue weighted by Crippen LogP contribution is -2.45. The Morgan fingerprint density at radius 3 is 2.20 bits per heavy atom. The Hall–Kier alpha value is -0.0400. The van der Waals surface area contributed by atoms with Crippen molar-refractivity contribution in [3.05, 3.63) is 0 Å². The molecule has 0 aliphatic heterocycles. The van der Waals surface area contributed by atoms with Gasteiger partial charge in [-0.15, -0.1) is 0 Å². The number of nitrogens with one attached hydrogen (secondary N) is 1. The Morgan fingerprint density at radius 2 is 1.70 bits per heavy atom. The van der Waals surface area contributed by atoms with Gasteiger partial charge in [-0.2, -0.15) is 0 Å². The normalized spacial score (nSPS) is 21.0. The van der Waals surface area contributed by atoms with E-state index in [9.17, 15) is 0 Å². The summed E-state index contributed by atoms with van der Waals surface area (Å²) >= 11 is 0. The Balaban J connectivity index is 2.66. The lowest BCUT2D eigenvalue weighted by atomic mass is 9.72. The van der Waals surface area contributed by atoms with Crippen molar-refractivity contribution in [2.24, 2.45) is 11.3 Å². The topological polar surface area (TPSA) is 12.0 Å². The first kappa shape index (κ1) is 18.0. The molecule has 1 nitrogen and oxygen atoms in total. The van der Waals surface area contributed by atoms with Crippen molar-refractivity contribution < 1.29 is 0 Å². The van der Waals surface area contributed by atoms with Gasteiger partial charge in [-0.05, 0) is 50.0 Å². The molecule has 0 saturated heterocycles. The fraction of sp³-hybridized carbons (Fsp3) is 1.00. The van der Waals surface area contributed by atoms with E-state index in [4.69, 9.17) is 0 Å². The zero-order valence-corrected chi connectivity index (χ0v) is 14.6. The molecule has 0 radical (unpaired) electrons. The molecule has 1 saturated carbocycles. The Morgan fingerprint density at radius 1 is 1.00 bits per heavy atom.